The molecule has 0 radical (unpaired) electrons. The van der Waals surface area contributed by atoms with Gasteiger partial charge in [0.05, 0.1) is 12.1 Å². The summed E-state index contributed by atoms with van der Waals surface area (Å²) in [6, 6.07) is 0.218. The second-order valence-corrected chi connectivity index (χ2v) is 5.87. The van der Waals surface area contributed by atoms with E-state index in [1.165, 1.54) is 0 Å². The number of carbonyl (C=O) groups excluding carboxylic acids is 1. The van der Waals surface area contributed by atoms with Crippen molar-refractivity contribution in [3.8, 4) is 0 Å². The summed E-state index contributed by atoms with van der Waals surface area (Å²) >= 11 is 0. The molecule has 2 N–H and O–H groups in total. The lowest BCUT2D eigenvalue weighted by atomic mass is 9.94. The van der Waals surface area contributed by atoms with Gasteiger partial charge in [0.25, 0.3) is 0 Å². The molecule has 1 saturated heterocycles. The fourth-order valence-corrected chi connectivity index (χ4v) is 1.86. The van der Waals surface area contributed by atoms with E-state index >= 15 is 0 Å². The van der Waals surface area contributed by atoms with Crippen molar-refractivity contribution in [2.45, 2.75) is 52.2 Å². The number of rotatable bonds is 4. The second-order valence-electron chi connectivity index (χ2n) is 5.87. The highest BCUT2D eigenvalue weighted by molar-refractivity contribution is 5.78. The number of nitrogens with zero attached hydrogens (tertiary/aromatic N) is 1. The molecule has 4 heteroatoms. The Kier molecular flexibility index (Phi) is 4.95. The first-order chi connectivity index (χ1) is 7.80. The maximum absolute atomic E-state index is 11.8. The molecule has 1 atom stereocenters. The van der Waals surface area contributed by atoms with Crippen LogP contribution in [0, 0.1) is 5.92 Å². The summed E-state index contributed by atoms with van der Waals surface area (Å²) < 4.78 is 0. The van der Waals surface area contributed by atoms with Crippen LogP contribution in [0.4, 0.5) is 0 Å². The molecule has 0 saturated carbocycles. The van der Waals surface area contributed by atoms with Crippen LogP contribution >= 0.6 is 0 Å². The van der Waals surface area contributed by atoms with Gasteiger partial charge in [-0.1, -0.05) is 13.8 Å². The topological polar surface area (TPSA) is 52.6 Å². The van der Waals surface area contributed by atoms with Crippen molar-refractivity contribution < 1.29 is 9.90 Å². The van der Waals surface area contributed by atoms with Gasteiger partial charge in [-0.25, -0.2) is 0 Å². The zero-order chi connectivity index (χ0) is 13.1. The molecule has 17 heavy (non-hydrogen) atoms. The minimum Gasteiger partial charge on any atom is -0.390 e. The Morgan fingerprint density at radius 1 is 1.35 bits per heavy atom. The van der Waals surface area contributed by atoms with Crippen molar-refractivity contribution in [2.24, 2.45) is 5.92 Å². The third-order valence-electron chi connectivity index (χ3n) is 3.69. The average Bonchev–Trinajstić information content (AvgIpc) is 2.21. The van der Waals surface area contributed by atoms with Gasteiger partial charge in [-0.05, 0) is 32.6 Å². The molecule has 1 heterocycles. The van der Waals surface area contributed by atoms with Gasteiger partial charge in [0.2, 0.25) is 5.91 Å². The molecule has 0 aromatic heterocycles. The molecule has 1 aliphatic rings. The summed E-state index contributed by atoms with van der Waals surface area (Å²) in [5.41, 5.74) is -0.543. The van der Waals surface area contributed by atoms with Crippen LogP contribution in [0.25, 0.3) is 0 Å². The Hall–Kier alpha value is -0.610. The summed E-state index contributed by atoms with van der Waals surface area (Å²) in [6.45, 7) is 10.2. The Bertz CT molecular complexity index is 254. The van der Waals surface area contributed by atoms with Crippen LogP contribution in [0.3, 0.4) is 0 Å². The monoisotopic (exact) mass is 242 g/mol. The molecule has 0 spiro atoms. The van der Waals surface area contributed by atoms with Crippen molar-refractivity contribution in [1.82, 2.24) is 10.2 Å². The van der Waals surface area contributed by atoms with E-state index in [2.05, 4.69) is 24.1 Å². The quantitative estimate of drug-likeness (QED) is 0.773. The molecular weight excluding hydrogens is 216 g/mol. The van der Waals surface area contributed by atoms with Gasteiger partial charge in [0.15, 0.2) is 0 Å². The number of amides is 1. The normalized spacial score (nSPS) is 22.5. The highest BCUT2D eigenvalue weighted by Crippen LogP contribution is 2.20. The highest BCUT2D eigenvalue weighted by Gasteiger charge is 2.28. The van der Waals surface area contributed by atoms with Crippen LogP contribution in [0.15, 0.2) is 0 Å². The number of piperidine rings is 1. The number of nitrogens with one attached hydrogen (secondary N) is 1. The van der Waals surface area contributed by atoms with Crippen molar-refractivity contribution in [3.63, 3.8) is 0 Å². The highest BCUT2D eigenvalue weighted by atomic mass is 16.3. The van der Waals surface area contributed by atoms with E-state index < -0.39 is 5.60 Å². The lowest BCUT2D eigenvalue weighted by Crippen LogP contribution is -2.48. The van der Waals surface area contributed by atoms with Crippen LogP contribution in [0.1, 0.15) is 40.5 Å². The average molecular weight is 242 g/mol. The van der Waals surface area contributed by atoms with Crippen molar-refractivity contribution >= 4 is 5.91 Å². The molecule has 1 aliphatic heterocycles. The van der Waals surface area contributed by atoms with E-state index in [1.54, 1.807) is 0 Å². The fourth-order valence-electron chi connectivity index (χ4n) is 1.86. The van der Waals surface area contributed by atoms with Gasteiger partial charge < -0.3 is 10.4 Å². The minimum atomic E-state index is -0.543. The van der Waals surface area contributed by atoms with Gasteiger partial charge in [0, 0.05) is 19.1 Å². The van der Waals surface area contributed by atoms with Crippen molar-refractivity contribution in [1.29, 1.82) is 0 Å². The number of likely N-dealkylation sites (tertiary alicyclic amines) is 1. The summed E-state index contributed by atoms with van der Waals surface area (Å²) in [6.07, 6.45) is 1.50. The van der Waals surface area contributed by atoms with Gasteiger partial charge in [0.1, 0.15) is 0 Å². The third-order valence-corrected chi connectivity index (χ3v) is 3.69. The molecule has 1 unspecified atom stereocenters. The lowest BCUT2D eigenvalue weighted by Gasteiger charge is -2.35. The number of hydrogen-bond acceptors (Lipinski definition) is 3. The molecular formula is C13H26N2O2. The Morgan fingerprint density at radius 2 is 1.88 bits per heavy atom. The van der Waals surface area contributed by atoms with Crippen molar-refractivity contribution in [2.75, 3.05) is 19.6 Å². The van der Waals surface area contributed by atoms with Gasteiger partial charge >= 0.3 is 0 Å². The van der Waals surface area contributed by atoms with E-state index in [0.29, 0.717) is 12.5 Å². The minimum absolute atomic E-state index is 0.0905. The largest absolute Gasteiger partial charge is 0.390 e. The van der Waals surface area contributed by atoms with E-state index in [4.69, 9.17) is 0 Å². The van der Waals surface area contributed by atoms with Gasteiger partial charge in [-0.2, -0.15) is 0 Å². The molecule has 0 aromatic rings. The Morgan fingerprint density at radius 3 is 2.35 bits per heavy atom. The van der Waals surface area contributed by atoms with Crippen molar-refractivity contribution in [3.05, 3.63) is 0 Å². The Labute approximate surface area is 104 Å². The van der Waals surface area contributed by atoms with E-state index in [1.807, 2.05) is 13.8 Å². The molecule has 0 aromatic carbocycles. The second kappa shape index (κ2) is 5.83. The van der Waals surface area contributed by atoms with Crippen LogP contribution in [0.2, 0.25) is 0 Å². The third kappa shape index (κ3) is 5.04. The predicted octanol–water partition coefficient (Wildman–Crippen LogP) is 0.994. The number of aliphatic hydroxyl groups is 1. The molecule has 100 valence electrons. The molecule has 0 aliphatic carbocycles. The molecule has 1 fully saturated rings. The summed E-state index contributed by atoms with van der Waals surface area (Å²) in [5.74, 6) is 0.550. The first-order valence-electron chi connectivity index (χ1n) is 6.54. The molecule has 1 rings (SSSR count). The van der Waals surface area contributed by atoms with Crippen LogP contribution < -0.4 is 5.32 Å². The maximum Gasteiger partial charge on any atom is 0.234 e. The molecule has 0 bridgehead atoms. The van der Waals surface area contributed by atoms with Gasteiger partial charge in [-0.3, -0.25) is 9.69 Å². The lowest BCUT2D eigenvalue weighted by molar-refractivity contribution is -0.124. The van der Waals surface area contributed by atoms with Crippen LogP contribution in [-0.2, 0) is 4.79 Å². The zero-order valence-corrected chi connectivity index (χ0v) is 11.5. The van der Waals surface area contributed by atoms with E-state index in [0.717, 1.165) is 25.9 Å². The van der Waals surface area contributed by atoms with Gasteiger partial charge in [-0.15, -0.1) is 0 Å². The SMILES string of the molecule is CC(C)C(C)NC(=O)CN1CCC(C)(O)CC1. The zero-order valence-electron chi connectivity index (χ0n) is 11.5. The molecule has 4 nitrogen and oxygen atoms in total. The van der Waals surface area contributed by atoms with E-state index in [-0.39, 0.29) is 11.9 Å². The number of carbonyl (C=O) groups is 1. The maximum atomic E-state index is 11.8. The van der Waals surface area contributed by atoms with Crippen LogP contribution in [0.5, 0.6) is 0 Å². The standard InChI is InChI=1S/C13H26N2O2/c1-10(2)11(3)14-12(16)9-15-7-5-13(4,17)6-8-15/h10-11,17H,5-9H2,1-4H3,(H,14,16). The summed E-state index contributed by atoms with van der Waals surface area (Å²) in [7, 11) is 0. The smallest absolute Gasteiger partial charge is 0.234 e. The fraction of sp³-hybridized carbons (Fsp3) is 0.923. The summed E-state index contributed by atoms with van der Waals surface area (Å²) in [5, 5.41) is 12.8. The predicted molar refractivity (Wildman–Crippen MR) is 68.7 cm³/mol. The Balaban J connectivity index is 2.28. The number of hydrogen-bond donors (Lipinski definition) is 2. The first-order valence-corrected chi connectivity index (χ1v) is 6.54. The van der Waals surface area contributed by atoms with Crippen LogP contribution in [-0.4, -0.2) is 47.2 Å². The summed E-state index contributed by atoms with van der Waals surface area (Å²) in [4.78, 5) is 13.9. The van der Waals surface area contributed by atoms with E-state index in [9.17, 15) is 9.90 Å². The first kappa shape index (κ1) is 14.5. The molecule has 1 amide bonds.